The van der Waals surface area contributed by atoms with Crippen LogP contribution in [0.15, 0.2) is 49.3 Å². The quantitative estimate of drug-likeness (QED) is 0.327. The number of benzene rings is 1. The van der Waals surface area contributed by atoms with Crippen LogP contribution >= 0.6 is 11.3 Å². The van der Waals surface area contributed by atoms with Crippen molar-refractivity contribution < 1.29 is 40.7 Å². The molecule has 260 valence electrons. The number of fused-ring (bicyclic) bond motifs is 1. The van der Waals surface area contributed by atoms with Crippen LogP contribution in [0.4, 0.5) is 5.69 Å². The molecule has 1 amide bonds. The SMILES string of the molecule is Cc1noc(C)c1S(=O)(=O)N(C)C[C@@H]1OCCCC[C@@H](C)Oc2ccc(NS(=O)(=O)c3cccs3)cc2C(=O)N([C@@H](C)CO)C[C@@H]1C. The first-order valence-corrected chi connectivity index (χ1v) is 19.3. The average Bonchev–Trinajstić information content (AvgIpc) is 3.69. The predicted molar refractivity (Wildman–Crippen MR) is 178 cm³/mol. The number of carbonyl (C=O) groups is 1. The minimum absolute atomic E-state index is 0.00611. The van der Waals surface area contributed by atoms with Gasteiger partial charge >= 0.3 is 0 Å². The lowest BCUT2D eigenvalue weighted by Gasteiger charge is -2.35. The van der Waals surface area contributed by atoms with Crippen LogP contribution in [0.3, 0.4) is 0 Å². The first-order chi connectivity index (χ1) is 22.1. The molecule has 0 saturated carbocycles. The molecule has 0 radical (unpaired) electrons. The Morgan fingerprint density at radius 1 is 1.17 bits per heavy atom. The zero-order chi connectivity index (χ0) is 34.5. The number of nitrogens with one attached hydrogen (secondary N) is 1. The van der Waals surface area contributed by atoms with Crippen molar-refractivity contribution in [2.24, 2.45) is 5.92 Å². The number of anilines is 1. The summed E-state index contributed by atoms with van der Waals surface area (Å²) in [5.41, 5.74) is 0.568. The third-order valence-electron chi connectivity index (χ3n) is 8.14. The number of hydrogen-bond donors (Lipinski definition) is 2. The summed E-state index contributed by atoms with van der Waals surface area (Å²) in [7, 11) is -6.38. The number of carbonyl (C=O) groups excluding carboxylic acids is 1. The number of aliphatic hydroxyl groups excluding tert-OH is 1. The van der Waals surface area contributed by atoms with E-state index < -0.39 is 38.1 Å². The van der Waals surface area contributed by atoms with Crippen LogP contribution in [0.1, 0.15) is 61.8 Å². The van der Waals surface area contributed by atoms with E-state index in [0.29, 0.717) is 25.2 Å². The van der Waals surface area contributed by atoms with Crippen molar-refractivity contribution >= 4 is 43.0 Å². The Balaban J connectivity index is 1.68. The van der Waals surface area contributed by atoms with E-state index in [4.69, 9.17) is 14.0 Å². The van der Waals surface area contributed by atoms with Gasteiger partial charge < -0.3 is 24.0 Å². The molecule has 0 unspecified atom stereocenters. The topological polar surface area (TPSA) is 169 Å². The zero-order valence-corrected chi connectivity index (χ0v) is 30.0. The Hall–Kier alpha value is -3.02. The molecule has 2 aromatic heterocycles. The van der Waals surface area contributed by atoms with E-state index >= 15 is 0 Å². The van der Waals surface area contributed by atoms with Crippen molar-refractivity contribution in [2.45, 2.75) is 81.2 Å². The first-order valence-electron chi connectivity index (χ1n) is 15.4. The molecule has 2 N–H and O–H groups in total. The number of sulfonamides is 2. The lowest BCUT2D eigenvalue weighted by molar-refractivity contribution is -0.00835. The maximum atomic E-state index is 14.3. The summed E-state index contributed by atoms with van der Waals surface area (Å²) in [5, 5.41) is 15.6. The number of amides is 1. The molecule has 47 heavy (non-hydrogen) atoms. The molecule has 3 aromatic rings. The van der Waals surface area contributed by atoms with Gasteiger partial charge in [-0.25, -0.2) is 16.8 Å². The molecule has 13 nitrogen and oxygen atoms in total. The van der Waals surface area contributed by atoms with Gasteiger partial charge in [0.15, 0.2) is 5.76 Å². The fourth-order valence-electron chi connectivity index (χ4n) is 5.42. The smallest absolute Gasteiger partial charge is 0.271 e. The molecule has 0 saturated heterocycles. The second kappa shape index (κ2) is 15.5. The lowest BCUT2D eigenvalue weighted by atomic mass is 10.0. The van der Waals surface area contributed by atoms with Crippen molar-refractivity contribution in [3.05, 3.63) is 52.7 Å². The summed E-state index contributed by atoms with van der Waals surface area (Å²) in [6.45, 7) is 8.68. The number of aliphatic hydroxyl groups is 1. The minimum atomic E-state index is -3.96. The minimum Gasteiger partial charge on any atom is -0.490 e. The Morgan fingerprint density at radius 3 is 2.55 bits per heavy atom. The van der Waals surface area contributed by atoms with E-state index in [1.807, 2.05) is 13.8 Å². The van der Waals surface area contributed by atoms with Crippen LogP contribution in [0.25, 0.3) is 0 Å². The summed E-state index contributed by atoms with van der Waals surface area (Å²) in [6, 6.07) is 7.06. The highest BCUT2D eigenvalue weighted by molar-refractivity contribution is 7.94. The van der Waals surface area contributed by atoms with Gasteiger partial charge in [-0.15, -0.1) is 11.3 Å². The molecular weight excluding hydrogens is 669 g/mol. The molecule has 0 aliphatic carbocycles. The van der Waals surface area contributed by atoms with E-state index in [9.17, 15) is 26.7 Å². The monoisotopic (exact) mass is 712 g/mol. The van der Waals surface area contributed by atoms with Gasteiger partial charge in [0.25, 0.3) is 15.9 Å². The van der Waals surface area contributed by atoms with Gasteiger partial charge in [-0.1, -0.05) is 18.1 Å². The number of aromatic nitrogens is 1. The molecule has 1 aliphatic heterocycles. The third kappa shape index (κ3) is 8.72. The van der Waals surface area contributed by atoms with E-state index in [2.05, 4.69) is 9.88 Å². The second-order valence-electron chi connectivity index (χ2n) is 12.0. The Labute approximate surface area is 280 Å². The van der Waals surface area contributed by atoms with Crippen molar-refractivity contribution in [3.8, 4) is 5.75 Å². The number of ether oxygens (including phenoxy) is 2. The van der Waals surface area contributed by atoms with Gasteiger partial charge in [-0.05, 0) is 76.6 Å². The summed E-state index contributed by atoms with van der Waals surface area (Å²) in [4.78, 5) is 15.8. The fourth-order valence-corrected chi connectivity index (χ4v) is 8.93. The van der Waals surface area contributed by atoms with E-state index in [-0.39, 0.29) is 63.5 Å². The van der Waals surface area contributed by atoms with Gasteiger partial charge in [0.05, 0.1) is 30.4 Å². The highest BCUT2D eigenvalue weighted by Gasteiger charge is 2.34. The van der Waals surface area contributed by atoms with Gasteiger partial charge in [-0.3, -0.25) is 9.52 Å². The number of nitrogens with zero attached hydrogens (tertiary/aromatic N) is 3. The summed E-state index contributed by atoms with van der Waals surface area (Å²) in [6.07, 6.45) is 1.22. The largest absolute Gasteiger partial charge is 0.490 e. The average molecular weight is 713 g/mol. The van der Waals surface area contributed by atoms with Crippen LogP contribution < -0.4 is 9.46 Å². The van der Waals surface area contributed by atoms with Crippen molar-refractivity contribution in [1.29, 1.82) is 0 Å². The predicted octanol–water partition coefficient (Wildman–Crippen LogP) is 4.27. The third-order valence-corrected chi connectivity index (χ3v) is 13.0. The maximum Gasteiger partial charge on any atom is 0.271 e. The molecule has 4 atom stereocenters. The zero-order valence-electron chi connectivity index (χ0n) is 27.5. The standard InChI is InChI=1S/C31H44N4O9S3/c1-20-17-35(21(2)19-36)31(37)26-16-25(33-46(38,39)29-11-9-15-45-29)12-13-27(26)43-22(3)10-7-8-14-42-28(20)18-34(6)47(40,41)30-23(4)32-44-24(30)5/h9,11-13,15-16,20-22,28,33,36H,7-8,10,14,17-19H2,1-6H3/t20-,21-,22+,28-/m0/s1. The summed E-state index contributed by atoms with van der Waals surface area (Å²) < 4.78 is 74.5. The number of likely N-dealkylation sites (N-methyl/N-ethyl adjacent to an activating group) is 1. The maximum absolute atomic E-state index is 14.3. The highest BCUT2D eigenvalue weighted by atomic mass is 32.2. The normalized spacial score (nSPS) is 21.1. The number of aryl methyl sites for hydroxylation is 2. The molecular formula is C31H44N4O9S3. The number of rotatable bonds is 9. The van der Waals surface area contributed by atoms with Gasteiger partial charge in [-0.2, -0.15) is 4.31 Å². The van der Waals surface area contributed by atoms with E-state index in [1.165, 1.54) is 28.4 Å². The lowest BCUT2D eigenvalue weighted by Crippen LogP contribution is -2.48. The Kier molecular flexibility index (Phi) is 12.1. The van der Waals surface area contributed by atoms with Crippen LogP contribution in [0.5, 0.6) is 5.75 Å². The van der Waals surface area contributed by atoms with Crippen LogP contribution in [0.2, 0.25) is 0 Å². The summed E-state index contributed by atoms with van der Waals surface area (Å²) in [5.74, 6) is -0.387. The molecule has 3 heterocycles. The van der Waals surface area contributed by atoms with Gasteiger partial charge in [0.1, 0.15) is 20.5 Å². The van der Waals surface area contributed by atoms with Crippen molar-refractivity contribution in [3.63, 3.8) is 0 Å². The molecule has 0 fully saturated rings. The van der Waals surface area contributed by atoms with Crippen molar-refractivity contribution in [1.82, 2.24) is 14.4 Å². The van der Waals surface area contributed by atoms with Crippen LogP contribution in [0, 0.1) is 19.8 Å². The second-order valence-corrected chi connectivity index (χ2v) is 16.8. The van der Waals surface area contributed by atoms with Gasteiger partial charge in [0, 0.05) is 38.3 Å². The van der Waals surface area contributed by atoms with E-state index in [1.54, 1.807) is 44.4 Å². The van der Waals surface area contributed by atoms with Crippen molar-refractivity contribution in [2.75, 3.05) is 38.1 Å². The highest BCUT2D eigenvalue weighted by Crippen LogP contribution is 2.30. The molecule has 1 aliphatic rings. The van der Waals surface area contributed by atoms with Crippen LogP contribution in [-0.2, 0) is 24.8 Å². The molecule has 0 bridgehead atoms. The van der Waals surface area contributed by atoms with Gasteiger partial charge in [0.2, 0.25) is 10.0 Å². The number of hydrogen-bond acceptors (Lipinski definition) is 11. The Morgan fingerprint density at radius 2 is 1.91 bits per heavy atom. The number of thiophene rings is 1. The molecule has 16 heteroatoms. The van der Waals surface area contributed by atoms with Crippen LogP contribution in [-0.4, -0.2) is 93.8 Å². The first kappa shape index (κ1) is 36.8. The molecule has 4 rings (SSSR count). The molecule has 1 aromatic carbocycles. The Bertz CT molecular complexity index is 1710. The summed E-state index contributed by atoms with van der Waals surface area (Å²) >= 11 is 1.07. The van der Waals surface area contributed by atoms with E-state index in [0.717, 1.165) is 17.8 Å². The molecule has 0 spiro atoms. The fraction of sp³-hybridized carbons (Fsp3) is 0.548.